The maximum absolute atomic E-state index is 14.1. The van der Waals surface area contributed by atoms with Gasteiger partial charge < -0.3 is 5.11 Å². The molecule has 2 aromatic rings. The molecule has 0 bridgehead atoms. The number of halogens is 4. The highest BCUT2D eigenvalue weighted by molar-refractivity contribution is 6.31. The third-order valence-corrected chi connectivity index (χ3v) is 3.04. The van der Waals surface area contributed by atoms with E-state index >= 15 is 0 Å². The SMILES string of the molecule is OCc1cnccc1-c1ccc(Cl)c(C(F)F)c1F. The number of rotatable bonds is 3. The van der Waals surface area contributed by atoms with Gasteiger partial charge >= 0.3 is 0 Å². The van der Waals surface area contributed by atoms with E-state index in [1.165, 1.54) is 30.6 Å². The maximum Gasteiger partial charge on any atom is 0.268 e. The molecule has 0 atom stereocenters. The number of alkyl halides is 2. The molecule has 0 fully saturated rings. The van der Waals surface area contributed by atoms with E-state index in [0.29, 0.717) is 11.1 Å². The van der Waals surface area contributed by atoms with Gasteiger partial charge in [-0.3, -0.25) is 4.98 Å². The summed E-state index contributed by atoms with van der Waals surface area (Å²) in [6, 6.07) is 3.97. The van der Waals surface area contributed by atoms with Gasteiger partial charge in [-0.15, -0.1) is 0 Å². The average molecular weight is 288 g/mol. The van der Waals surface area contributed by atoms with Crippen molar-refractivity contribution in [2.45, 2.75) is 13.0 Å². The second-order valence-electron chi connectivity index (χ2n) is 3.81. The van der Waals surface area contributed by atoms with Crippen molar-refractivity contribution in [3.63, 3.8) is 0 Å². The molecule has 2 nitrogen and oxygen atoms in total. The van der Waals surface area contributed by atoms with Crippen LogP contribution >= 0.6 is 11.6 Å². The zero-order chi connectivity index (χ0) is 14.0. The normalized spacial score (nSPS) is 11.1. The highest BCUT2D eigenvalue weighted by atomic mass is 35.5. The van der Waals surface area contributed by atoms with Gasteiger partial charge in [-0.25, -0.2) is 13.2 Å². The minimum Gasteiger partial charge on any atom is -0.392 e. The van der Waals surface area contributed by atoms with E-state index in [0.717, 1.165) is 0 Å². The Morgan fingerprint density at radius 1 is 1.21 bits per heavy atom. The van der Waals surface area contributed by atoms with Crippen molar-refractivity contribution in [1.29, 1.82) is 0 Å². The van der Waals surface area contributed by atoms with Crippen LogP contribution in [0.4, 0.5) is 13.2 Å². The van der Waals surface area contributed by atoms with Crippen molar-refractivity contribution in [3.8, 4) is 11.1 Å². The Hall–Kier alpha value is -1.59. The first kappa shape index (κ1) is 13.8. The molecule has 0 unspecified atom stereocenters. The van der Waals surface area contributed by atoms with Gasteiger partial charge in [0, 0.05) is 23.5 Å². The number of hydrogen-bond acceptors (Lipinski definition) is 2. The van der Waals surface area contributed by atoms with Crippen LogP contribution in [0.5, 0.6) is 0 Å². The summed E-state index contributed by atoms with van der Waals surface area (Å²) in [5.41, 5.74) is -0.205. The predicted molar refractivity (Wildman–Crippen MR) is 65.5 cm³/mol. The second-order valence-corrected chi connectivity index (χ2v) is 4.22. The first-order valence-corrected chi connectivity index (χ1v) is 5.74. The van der Waals surface area contributed by atoms with Crippen molar-refractivity contribution in [3.05, 3.63) is 52.6 Å². The number of aliphatic hydroxyl groups excluding tert-OH is 1. The molecule has 1 aromatic carbocycles. The van der Waals surface area contributed by atoms with Gasteiger partial charge in [0.2, 0.25) is 0 Å². The third-order valence-electron chi connectivity index (χ3n) is 2.71. The molecule has 0 radical (unpaired) electrons. The number of aliphatic hydroxyl groups is 1. The Labute approximate surface area is 112 Å². The largest absolute Gasteiger partial charge is 0.392 e. The molecule has 6 heteroatoms. The molecule has 0 aliphatic carbocycles. The topological polar surface area (TPSA) is 33.1 Å². The van der Waals surface area contributed by atoms with Crippen LogP contribution in [0.15, 0.2) is 30.6 Å². The Morgan fingerprint density at radius 2 is 1.95 bits per heavy atom. The van der Waals surface area contributed by atoms with E-state index in [-0.39, 0.29) is 17.2 Å². The Kier molecular flexibility index (Phi) is 4.07. The molecule has 1 heterocycles. The van der Waals surface area contributed by atoms with Crippen LogP contribution in [0.1, 0.15) is 17.6 Å². The molecule has 100 valence electrons. The van der Waals surface area contributed by atoms with E-state index < -0.39 is 17.8 Å². The Balaban J connectivity index is 2.67. The van der Waals surface area contributed by atoms with Gasteiger partial charge in [-0.05, 0) is 23.8 Å². The lowest BCUT2D eigenvalue weighted by Gasteiger charge is -2.12. The van der Waals surface area contributed by atoms with E-state index in [2.05, 4.69) is 4.98 Å². The number of aromatic nitrogens is 1. The summed E-state index contributed by atoms with van der Waals surface area (Å²) >= 11 is 5.58. The zero-order valence-corrected chi connectivity index (χ0v) is 10.3. The molecule has 0 amide bonds. The molecule has 0 aliphatic heterocycles. The van der Waals surface area contributed by atoms with Crippen LogP contribution in [-0.4, -0.2) is 10.1 Å². The van der Waals surface area contributed by atoms with Crippen molar-refractivity contribution in [2.75, 3.05) is 0 Å². The minimum atomic E-state index is -3.01. The van der Waals surface area contributed by atoms with E-state index in [9.17, 15) is 13.2 Å². The number of pyridine rings is 1. The van der Waals surface area contributed by atoms with Gasteiger partial charge in [0.1, 0.15) is 5.82 Å². The Morgan fingerprint density at radius 3 is 2.58 bits per heavy atom. The zero-order valence-electron chi connectivity index (χ0n) is 9.58. The van der Waals surface area contributed by atoms with Gasteiger partial charge in [0.15, 0.2) is 0 Å². The first-order chi connectivity index (χ1) is 9.06. The molecule has 0 saturated carbocycles. The summed E-state index contributed by atoms with van der Waals surface area (Å²) in [5.74, 6) is -1.08. The molecule has 1 N–H and O–H groups in total. The maximum atomic E-state index is 14.1. The molecule has 1 aromatic heterocycles. The highest BCUT2D eigenvalue weighted by Crippen LogP contribution is 2.36. The fourth-order valence-electron chi connectivity index (χ4n) is 1.79. The summed E-state index contributed by atoms with van der Waals surface area (Å²) in [4.78, 5) is 3.79. The van der Waals surface area contributed by atoms with Gasteiger partial charge in [0.25, 0.3) is 6.43 Å². The summed E-state index contributed by atoms with van der Waals surface area (Å²) in [7, 11) is 0. The predicted octanol–water partition coefficient (Wildman–Crippen LogP) is 3.97. The summed E-state index contributed by atoms with van der Waals surface area (Å²) in [6.45, 7) is -0.366. The van der Waals surface area contributed by atoms with Crippen LogP contribution < -0.4 is 0 Å². The monoisotopic (exact) mass is 287 g/mol. The second kappa shape index (κ2) is 5.59. The van der Waals surface area contributed by atoms with Crippen molar-refractivity contribution in [1.82, 2.24) is 4.98 Å². The fraction of sp³-hybridized carbons (Fsp3) is 0.154. The fourth-order valence-corrected chi connectivity index (χ4v) is 2.02. The molecule has 2 rings (SSSR count). The van der Waals surface area contributed by atoms with Gasteiger partial charge in [-0.2, -0.15) is 0 Å². The molecule has 0 spiro atoms. The van der Waals surface area contributed by atoms with E-state index in [1.54, 1.807) is 0 Å². The first-order valence-electron chi connectivity index (χ1n) is 5.36. The smallest absolute Gasteiger partial charge is 0.268 e. The van der Waals surface area contributed by atoms with E-state index in [1.807, 2.05) is 0 Å². The van der Waals surface area contributed by atoms with Crippen LogP contribution in [0.2, 0.25) is 5.02 Å². The average Bonchev–Trinajstić information content (AvgIpc) is 2.38. The molecule has 0 aliphatic rings. The van der Waals surface area contributed by atoms with Crippen LogP contribution in [0, 0.1) is 5.82 Å². The molecule has 0 saturated heterocycles. The summed E-state index contributed by atoms with van der Waals surface area (Å²) in [6.07, 6.45) is -0.261. The van der Waals surface area contributed by atoms with Crippen LogP contribution in [-0.2, 0) is 6.61 Å². The third kappa shape index (κ3) is 2.57. The lowest BCUT2D eigenvalue weighted by atomic mass is 9.99. The summed E-state index contributed by atoms with van der Waals surface area (Å²) in [5, 5.41) is 8.84. The summed E-state index contributed by atoms with van der Waals surface area (Å²) < 4.78 is 39.7. The molecular weight excluding hydrogens is 279 g/mol. The van der Waals surface area contributed by atoms with Gasteiger partial charge in [0.05, 0.1) is 17.2 Å². The quantitative estimate of drug-likeness (QED) is 0.926. The van der Waals surface area contributed by atoms with Crippen LogP contribution in [0.25, 0.3) is 11.1 Å². The minimum absolute atomic E-state index is 0.0360. The number of nitrogens with zero attached hydrogens (tertiary/aromatic N) is 1. The van der Waals surface area contributed by atoms with Crippen LogP contribution in [0.3, 0.4) is 0 Å². The number of benzene rings is 1. The van der Waals surface area contributed by atoms with Crippen molar-refractivity contribution < 1.29 is 18.3 Å². The Bertz CT molecular complexity index is 604. The lowest BCUT2D eigenvalue weighted by Crippen LogP contribution is -1.98. The molecule has 19 heavy (non-hydrogen) atoms. The standard InChI is InChI=1S/C13H9ClF3NO/c14-10-2-1-9(12(15)11(10)13(16)17)8-3-4-18-5-7(8)6-19/h1-5,13,19H,6H2. The lowest BCUT2D eigenvalue weighted by molar-refractivity contribution is 0.146. The van der Waals surface area contributed by atoms with Gasteiger partial charge in [-0.1, -0.05) is 11.6 Å². The van der Waals surface area contributed by atoms with Crippen molar-refractivity contribution in [2.24, 2.45) is 0 Å². The highest BCUT2D eigenvalue weighted by Gasteiger charge is 2.22. The molecular formula is C13H9ClF3NO. The number of hydrogen-bond donors (Lipinski definition) is 1. The van der Waals surface area contributed by atoms with Crippen molar-refractivity contribution >= 4 is 11.6 Å². The van der Waals surface area contributed by atoms with E-state index in [4.69, 9.17) is 16.7 Å².